The van der Waals surface area contributed by atoms with Crippen molar-refractivity contribution in [3.8, 4) is 17.1 Å². The van der Waals surface area contributed by atoms with Crippen molar-refractivity contribution in [2.75, 3.05) is 0 Å². The molecule has 0 aliphatic carbocycles. The summed E-state index contributed by atoms with van der Waals surface area (Å²) < 4.78 is 5.54. The molecule has 0 saturated heterocycles. The molecule has 3 rings (SSSR count). The Morgan fingerprint density at radius 1 is 1.04 bits per heavy atom. The molecule has 0 amide bonds. The lowest BCUT2D eigenvalue weighted by atomic mass is 9.89. The fourth-order valence-electron chi connectivity index (χ4n) is 3.11. The molecule has 0 radical (unpaired) electrons. The van der Waals surface area contributed by atoms with Crippen molar-refractivity contribution in [3.05, 3.63) is 64.5 Å². The number of rotatable bonds is 4. The monoisotopic (exact) mass is 308 g/mol. The highest BCUT2D eigenvalue weighted by Crippen LogP contribution is 2.33. The molecule has 0 bridgehead atoms. The predicted octanol–water partition coefficient (Wildman–Crippen LogP) is 5.07. The van der Waals surface area contributed by atoms with Crippen LogP contribution in [0.3, 0.4) is 0 Å². The van der Waals surface area contributed by atoms with Crippen LogP contribution in [-0.4, -0.2) is 5.11 Å². The Bertz CT molecular complexity index is 889. The van der Waals surface area contributed by atoms with Gasteiger partial charge in [0.05, 0.1) is 5.39 Å². The Labute approximate surface area is 135 Å². The molecule has 1 aromatic heterocycles. The molecule has 3 heteroatoms. The molecule has 118 valence electrons. The van der Waals surface area contributed by atoms with E-state index in [1.54, 1.807) is 12.1 Å². The SMILES string of the molecule is CCC(CC)c1ccccc1-c1cc2ccc(O)cc2c(=O)o1. The molecular formula is C20H20O3. The van der Waals surface area contributed by atoms with E-state index in [9.17, 15) is 9.90 Å². The van der Waals surface area contributed by atoms with E-state index in [0.717, 1.165) is 23.8 Å². The number of phenols is 1. The zero-order valence-corrected chi connectivity index (χ0v) is 13.4. The minimum absolute atomic E-state index is 0.0648. The maximum absolute atomic E-state index is 12.3. The van der Waals surface area contributed by atoms with E-state index < -0.39 is 5.63 Å². The van der Waals surface area contributed by atoms with Gasteiger partial charge in [0.1, 0.15) is 11.5 Å². The van der Waals surface area contributed by atoms with E-state index in [1.165, 1.54) is 11.6 Å². The van der Waals surface area contributed by atoms with Gasteiger partial charge in [-0.3, -0.25) is 0 Å². The van der Waals surface area contributed by atoms with Gasteiger partial charge in [-0.15, -0.1) is 0 Å². The first-order chi connectivity index (χ1) is 11.1. The summed E-state index contributed by atoms with van der Waals surface area (Å²) in [4.78, 5) is 12.3. The molecule has 1 N–H and O–H groups in total. The molecular weight excluding hydrogens is 288 g/mol. The standard InChI is InChI=1S/C20H20O3/c1-3-13(4-2)16-7-5-6-8-17(16)19-11-14-9-10-15(21)12-18(14)20(22)23-19/h5-13,21H,3-4H2,1-2H3. The van der Waals surface area contributed by atoms with E-state index in [2.05, 4.69) is 19.9 Å². The average Bonchev–Trinajstić information content (AvgIpc) is 2.57. The summed E-state index contributed by atoms with van der Waals surface area (Å²) in [5, 5.41) is 10.7. The van der Waals surface area contributed by atoms with Crippen LogP contribution in [0.1, 0.15) is 38.2 Å². The van der Waals surface area contributed by atoms with Crippen molar-refractivity contribution in [1.29, 1.82) is 0 Å². The number of benzene rings is 2. The summed E-state index contributed by atoms with van der Waals surface area (Å²) in [5.41, 5.74) is 1.75. The quantitative estimate of drug-likeness (QED) is 0.732. The van der Waals surface area contributed by atoms with Gasteiger partial charge in [-0.05, 0) is 47.9 Å². The van der Waals surface area contributed by atoms with E-state index >= 15 is 0 Å². The lowest BCUT2D eigenvalue weighted by molar-refractivity contribution is 0.475. The third-order valence-corrected chi connectivity index (χ3v) is 4.40. The number of hydrogen-bond donors (Lipinski definition) is 1. The highest BCUT2D eigenvalue weighted by atomic mass is 16.4. The van der Waals surface area contributed by atoms with Crippen LogP contribution < -0.4 is 5.63 Å². The molecule has 23 heavy (non-hydrogen) atoms. The van der Waals surface area contributed by atoms with Crippen molar-refractivity contribution in [1.82, 2.24) is 0 Å². The first kappa shape index (κ1) is 15.3. The van der Waals surface area contributed by atoms with Gasteiger partial charge >= 0.3 is 5.63 Å². The van der Waals surface area contributed by atoms with Gasteiger partial charge < -0.3 is 9.52 Å². The normalized spacial score (nSPS) is 11.3. The second kappa shape index (κ2) is 6.29. The van der Waals surface area contributed by atoms with Gasteiger partial charge in [0.2, 0.25) is 0 Å². The second-order valence-electron chi connectivity index (χ2n) is 5.77. The van der Waals surface area contributed by atoms with Gasteiger partial charge in [-0.25, -0.2) is 4.79 Å². The van der Waals surface area contributed by atoms with E-state index in [4.69, 9.17) is 4.42 Å². The fraction of sp³-hybridized carbons (Fsp3) is 0.250. The van der Waals surface area contributed by atoms with Crippen LogP contribution in [-0.2, 0) is 0 Å². The Morgan fingerprint density at radius 3 is 2.52 bits per heavy atom. The molecule has 2 aromatic carbocycles. The molecule has 1 heterocycles. The number of fused-ring (bicyclic) bond motifs is 1. The number of hydrogen-bond acceptors (Lipinski definition) is 3. The van der Waals surface area contributed by atoms with Crippen molar-refractivity contribution in [2.24, 2.45) is 0 Å². The highest BCUT2D eigenvalue weighted by molar-refractivity contribution is 5.85. The molecule has 0 aliphatic rings. The average molecular weight is 308 g/mol. The van der Waals surface area contributed by atoms with Gasteiger partial charge in [0.25, 0.3) is 0 Å². The summed E-state index contributed by atoms with van der Waals surface area (Å²) in [6.07, 6.45) is 2.08. The molecule has 3 nitrogen and oxygen atoms in total. The Balaban J connectivity index is 2.22. The summed E-state index contributed by atoms with van der Waals surface area (Å²) in [6, 6.07) is 14.7. The molecule has 0 atom stereocenters. The van der Waals surface area contributed by atoms with Crippen LogP contribution in [0.2, 0.25) is 0 Å². The zero-order valence-electron chi connectivity index (χ0n) is 13.4. The predicted molar refractivity (Wildman–Crippen MR) is 92.9 cm³/mol. The topological polar surface area (TPSA) is 50.4 Å². The third-order valence-electron chi connectivity index (χ3n) is 4.40. The lowest BCUT2D eigenvalue weighted by Gasteiger charge is -2.17. The van der Waals surface area contributed by atoms with Crippen molar-refractivity contribution in [2.45, 2.75) is 32.6 Å². The van der Waals surface area contributed by atoms with Gasteiger partial charge in [0.15, 0.2) is 0 Å². The Morgan fingerprint density at radius 2 is 1.78 bits per heavy atom. The van der Waals surface area contributed by atoms with Crippen molar-refractivity contribution < 1.29 is 9.52 Å². The minimum Gasteiger partial charge on any atom is -0.508 e. The molecule has 0 spiro atoms. The van der Waals surface area contributed by atoms with Crippen LogP contribution >= 0.6 is 0 Å². The minimum atomic E-state index is -0.423. The Hall–Kier alpha value is -2.55. The summed E-state index contributed by atoms with van der Waals surface area (Å²) >= 11 is 0. The largest absolute Gasteiger partial charge is 0.508 e. The summed E-state index contributed by atoms with van der Waals surface area (Å²) in [7, 11) is 0. The maximum atomic E-state index is 12.3. The lowest BCUT2D eigenvalue weighted by Crippen LogP contribution is -2.03. The molecule has 3 aromatic rings. The van der Waals surface area contributed by atoms with Gasteiger partial charge in [-0.2, -0.15) is 0 Å². The number of aromatic hydroxyl groups is 1. The number of phenolic OH excluding ortho intramolecular Hbond substituents is 1. The van der Waals surface area contributed by atoms with Crippen molar-refractivity contribution in [3.63, 3.8) is 0 Å². The van der Waals surface area contributed by atoms with Crippen LogP contribution in [0.25, 0.3) is 22.1 Å². The molecule has 0 unspecified atom stereocenters. The maximum Gasteiger partial charge on any atom is 0.344 e. The van der Waals surface area contributed by atoms with Crippen molar-refractivity contribution >= 4 is 10.8 Å². The van der Waals surface area contributed by atoms with Crippen LogP contribution in [0.5, 0.6) is 5.75 Å². The van der Waals surface area contributed by atoms with E-state index in [0.29, 0.717) is 17.1 Å². The molecule has 0 saturated carbocycles. The summed E-state index contributed by atoms with van der Waals surface area (Å²) in [5.74, 6) is 1.08. The van der Waals surface area contributed by atoms with E-state index in [1.807, 2.05) is 24.3 Å². The molecule has 0 fully saturated rings. The van der Waals surface area contributed by atoms with Crippen LogP contribution in [0, 0.1) is 0 Å². The summed E-state index contributed by atoms with van der Waals surface area (Å²) in [6.45, 7) is 4.34. The zero-order chi connectivity index (χ0) is 16.4. The van der Waals surface area contributed by atoms with Crippen LogP contribution in [0.15, 0.2) is 57.7 Å². The van der Waals surface area contributed by atoms with Gasteiger partial charge in [0, 0.05) is 5.56 Å². The highest BCUT2D eigenvalue weighted by Gasteiger charge is 2.15. The third kappa shape index (κ3) is 2.87. The van der Waals surface area contributed by atoms with Gasteiger partial charge in [-0.1, -0.05) is 44.2 Å². The fourth-order valence-corrected chi connectivity index (χ4v) is 3.11. The Kier molecular flexibility index (Phi) is 4.20. The first-order valence-corrected chi connectivity index (χ1v) is 8.00. The van der Waals surface area contributed by atoms with E-state index in [-0.39, 0.29) is 5.75 Å². The first-order valence-electron chi connectivity index (χ1n) is 8.00. The molecule has 0 aliphatic heterocycles. The smallest absolute Gasteiger partial charge is 0.344 e. The second-order valence-corrected chi connectivity index (χ2v) is 5.77. The van der Waals surface area contributed by atoms with Crippen LogP contribution in [0.4, 0.5) is 0 Å².